The van der Waals surface area contributed by atoms with Gasteiger partial charge < -0.3 is 10.1 Å². The van der Waals surface area contributed by atoms with Crippen molar-refractivity contribution in [2.24, 2.45) is 5.92 Å². The Balaban J connectivity index is 2.15. The van der Waals surface area contributed by atoms with E-state index in [0.29, 0.717) is 5.92 Å². The zero-order chi connectivity index (χ0) is 13.5. The predicted molar refractivity (Wildman–Crippen MR) is 75.8 cm³/mol. The second-order valence-corrected chi connectivity index (χ2v) is 5.31. The second-order valence-electron chi connectivity index (χ2n) is 5.31. The molecule has 19 heavy (non-hydrogen) atoms. The zero-order valence-corrected chi connectivity index (χ0v) is 12.0. The van der Waals surface area contributed by atoms with Gasteiger partial charge in [0, 0.05) is 25.1 Å². The molecule has 4 nitrogen and oxygen atoms in total. The molecule has 2 rings (SSSR count). The summed E-state index contributed by atoms with van der Waals surface area (Å²) >= 11 is 0. The van der Waals surface area contributed by atoms with E-state index in [0.717, 1.165) is 12.1 Å². The smallest absolute Gasteiger partial charge is 0.115 e. The molecule has 0 bridgehead atoms. The van der Waals surface area contributed by atoms with Crippen molar-refractivity contribution in [1.29, 1.82) is 0 Å². The lowest BCUT2D eigenvalue weighted by atomic mass is 9.81. The average Bonchev–Trinajstić information content (AvgIpc) is 2.49. The van der Waals surface area contributed by atoms with Crippen LogP contribution in [0.4, 0.5) is 0 Å². The molecule has 2 unspecified atom stereocenters. The molecule has 0 amide bonds. The van der Waals surface area contributed by atoms with E-state index in [9.17, 15) is 0 Å². The Morgan fingerprint density at radius 1 is 1.26 bits per heavy atom. The molecule has 1 aromatic heterocycles. The van der Waals surface area contributed by atoms with Crippen molar-refractivity contribution < 1.29 is 4.74 Å². The number of nitrogens with one attached hydrogen (secondary N) is 1. The fraction of sp³-hybridized carbons (Fsp3) is 0.733. The minimum atomic E-state index is 0.194. The van der Waals surface area contributed by atoms with E-state index in [2.05, 4.69) is 22.2 Å². The Labute approximate surface area is 116 Å². The number of likely N-dealkylation sites (N-methyl/N-ethyl adjacent to an activating group) is 1. The molecule has 1 aliphatic rings. The highest BCUT2D eigenvalue weighted by Crippen LogP contribution is 2.33. The van der Waals surface area contributed by atoms with Crippen LogP contribution < -0.4 is 5.32 Å². The van der Waals surface area contributed by atoms with Gasteiger partial charge in [-0.15, -0.1) is 0 Å². The number of hydrogen-bond acceptors (Lipinski definition) is 4. The highest BCUT2D eigenvalue weighted by molar-refractivity contribution is 5.12. The molecule has 2 atom stereocenters. The number of hydrogen-bond donors (Lipinski definition) is 1. The first kappa shape index (κ1) is 14.4. The standard InChI is InChI=1S/C15H25N3O/c1-3-18-14(13-9-16-11-17-10-13)15(19-2)12-7-5-4-6-8-12/h9-12,14-15,18H,3-8H2,1-2H3. The maximum absolute atomic E-state index is 5.84. The van der Waals surface area contributed by atoms with Gasteiger partial charge in [-0.05, 0) is 25.3 Å². The van der Waals surface area contributed by atoms with Crippen LogP contribution in [0.15, 0.2) is 18.7 Å². The van der Waals surface area contributed by atoms with Crippen molar-refractivity contribution in [1.82, 2.24) is 15.3 Å². The number of aromatic nitrogens is 2. The molecule has 1 aromatic rings. The summed E-state index contributed by atoms with van der Waals surface area (Å²) in [5, 5.41) is 3.54. The summed E-state index contributed by atoms with van der Waals surface area (Å²) in [6.07, 6.45) is 12.2. The topological polar surface area (TPSA) is 47.0 Å². The van der Waals surface area contributed by atoms with E-state index in [1.807, 2.05) is 19.5 Å². The third-order valence-electron chi connectivity index (χ3n) is 4.08. The molecule has 0 aliphatic heterocycles. The van der Waals surface area contributed by atoms with Crippen LogP contribution in [0.3, 0.4) is 0 Å². The van der Waals surface area contributed by atoms with Crippen LogP contribution in [0.1, 0.15) is 50.6 Å². The van der Waals surface area contributed by atoms with Gasteiger partial charge in [-0.1, -0.05) is 26.2 Å². The summed E-state index contributed by atoms with van der Waals surface area (Å²) < 4.78 is 5.84. The lowest BCUT2D eigenvalue weighted by Crippen LogP contribution is -2.39. The Bertz CT molecular complexity index is 352. The van der Waals surface area contributed by atoms with E-state index in [1.54, 1.807) is 6.33 Å². The van der Waals surface area contributed by atoms with Gasteiger partial charge in [0.2, 0.25) is 0 Å². The van der Waals surface area contributed by atoms with E-state index in [1.165, 1.54) is 32.1 Å². The normalized spacial score (nSPS) is 20.1. The first-order valence-electron chi connectivity index (χ1n) is 7.38. The fourth-order valence-electron chi connectivity index (χ4n) is 3.18. The molecular weight excluding hydrogens is 238 g/mol. The fourth-order valence-corrected chi connectivity index (χ4v) is 3.18. The molecule has 106 valence electrons. The molecule has 0 saturated heterocycles. The Morgan fingerprint density at radius 2 is 1.95 bits per heavy atom. The molecule has 0 spiro atoms. The van der Waals surface area contributed by atoms with Crippen LogP contribution in [0, 0.1) is 5.92 Å². The first-order chi connectivity index (χ1) is 9.36. The van der Waals surface area contributed by atoms with Crippen molar-refractivity contribution in [3.05, 3.63) is 24.3 Å². The third-order valence-corrected chi connectivity index (χ3v) is 4.08. The number of methoxy groups -OCH3 is 1. The molecule has 4 heteroatoms. The lowest BCUT2D eigenvalue weighted by Gasteiger charge is -2.35. The minimum absolute atomic E-state index is 0.194. The van der Waals surface area contributed by atoms with Gasteiger partial charge in [0.05, 0.1) is 12.1 Å². The van der Waals surface area contributed by atoms with Gasteiger partial charge in [0.25, 0.3) is 0 Å². The van der Waals surface area contributed by atoms with E-state index in [4.69, 9.17) is 4.74 Å². The van der Waals surface area contributed by atoms with Crippen LogP contribution in [-0.4, -0.2) is 29.7 Å². The monoisotopic (exact) mass is 263 g/mol. The molecule has 1 N–H and O–H groups in total. The molecule has 1 aliphatic carbocycles. The van der Waals surface area contributed by atoms with Gasteiger partial charge in [-0.2, -0.15) is 0 Å². The molecule has 0 aromatic carbocycles. The van der Waals surface area contributed by atoms with E-state index in [-0.39, 0.29) is 12.1 Å². The minimum Gasteiger partial charge on any atom is -0.379 e. The number of nitrogens with zero attached hydrogens (tertiary/aromatic N) is 2. The molecule has 0 radical (unpaired) electrons. The summed E-state index contributed by atoms with van der Waals surface area (Å²) in [5.74, 6) is 0.642. The van der Waals surface area contributed by atoms with Crippen LogP contribution in [0.25, 0.3) is 0 Å². The van der Waals surface area contributed by atoms with Gasteiger partial charge >= 0.3 is 0 Å². The van der Waals surface area contributed by atoms with Gasteiger partial charge in [-0.25, -0.2) is 9.97 Å². The maximum Gasteiger partial charge on any atom is 0.115 e. The van der Waals surface area contributed by atoms with Crippen LogP contribution >= 0.6 is 0 Å². The highest BCUT2D eigenvalue weighted by Gasteiger charge is 2.31. The predicted octanol–water partition coefficient (Wildman–Crippen LogP) is 2.72. The summed E-state index contributed by atoms with van der Waals surface area (Å²) in [7, 11) is 1.83. The van der Waals surface area contributed by atoms with Crippen molar-refractivity contribution in [3.8, 4) is 0 Å². The Morgan fingerprint density at radius 3 is 2.53 bits per heavy atom. The largest absolute Gasteiger partial charge is 0.379 e. The van der Waals surface area contributed by atoms with Crippen molar-refractivity contribution in [2.45, 2.75) is 51.2 Å². The summed E-state index contributed by atoms with van der Waals surface area (Å²) in [6, 6.07) is 0.194. The van der Waals surface area contributed by atoms with Crippen LogP contribution in [-0.2, 0) is 4.74 Å². The summed E-state index contributed by atoms with van der Waals surface area (Å²) in [5.41, 5.74) is 1.13. The van der Waals surface area contributed by atoms with Crippen LogP contribution in [0.2, 0.25) is 0 Å². The lowest BCUT2D eigenvalue weighted by molar-refractivity contribution is 0.00775. The second kappa shape index (κ2) is 7.56. The molecule has 1 fully saturated rings. The quantitative estimate of drug-likeness (QED) is 0.857. The molecular formula is C15H25N3O. The van der Waals surface area contributed by atoms with Crippen molar-refractivity contribution in [3.63, 3.8) is 0 Å². The average molecular weight is 263 g/mol. The van der Waals surface area contributed by atoms with Crippen molar-refractivity contribution in [2.75, 3.05) is 13.7 Å². The first-order valence-corrected chi connectivity index (χ1v) is 7.38. The number of ether oxygens (including phenoxy) is 1. The SMILES string of the molecule is CCNC(c1cncnc1)C(OC)C1CCCCC1. The molecule has 1 saturated carbocycles. The Kier molecular flexibility index (Phi) is 5.73. The third kappa shape index (κ3) is 3.74. The van der Waals surface area contributed by atoms with Crippen LogP contribution in [0.5, 0.6) is 0 Å². The van der Waals surface area contributed by atoms with Gasteiger partial charge in [0.15, 0.2) is 0 Å². The Hall–Kier alpha value is -1.00. The van der Waals surface area contributed by atoms with E-state index >= 15 is 0 Å². The molecule has 1 heterocycles. The highest BCUT2D eigenvalue weighted by atomic mass is 16.5. The zero-order valence-electron chi connectivity index (χ0n) is 12.0. The van der Waals surface area contributed by atoms with Gasteiger partial charge in [0.1, 0.15) is 6.33 Å². The summed E-state index contributed by atoms with van der Waals surface area (Å²) in [6.45, 7) is 3.05. The van der Waals surface area contributed by atoms with E-state index < -0.39 is 0 Å². The maximum atomic E-state index is 5.84. The summed E-state index contributed by atoms with van der Waals surface area (Å²) in [4.78, 5) is 8.29. The van der Waals surface area contributed by atoms with Gasteiger partial charge in [-0.3, -0.25) is 0 Å². The number of rotatable bonds is 6. The van der Waals surface area contributed by atoms with Crippen molar-refractivity contribution >= 4 is 0 Å².